The Morgan fingerprint density at radius 2 is 1.91 bits per heavy atom. The van der Waals surface area contributed by atoms with E-state index in [1.807, 2.05) is 6.07 Å². The topological polar surface area (TPSA) is 45.6 Å². The molecule has 0 spiro atoms. The summed E-state index contributed by atoms with van der Waals surface area (Å²) >= 11 is 3.62. The molecule has 1 saturated heterocycles. The van der Waals surface area contributed by atoms with Gasteiger partial charge in [-0.15, -0.1) is 0 Å². The standard InChI is InChI=1S/C27H28BrN3O2/c1-2-27(33)31-13-19(14-31)11-24(32)18-30-17-22(25-12-23(28)7-8-26(25)30)16-29-10-9-20-5-3-4-6-21(20)15-29/h2-8,12,17,19H,1,9-11,13-16,18H2. The number of carbonyl (C=O) groups is 2. The van der Waals surface area contributed by atoms with E-state index in [1.54, 1.807) is 4.90 Å². The molecule has 1 aromatic heterocycles. The Labute approximate surface area is 202 Å². The van der Waals surface area contributed by atoms with Crippen molar-refractivity contribution < 1.29 is 9.59 Å². The lowest BCUT2D eigenvalue weighted by molar-refractivity contribution is -0.134. The van der Waals surface area contributed by atoms with E-state index in [0.29, 0.717) is 26.1 Å². The highest BCUT2D eigenvalue weighted by molar-refractivity contribution is 9.10. The van der Waals surface area contributed by atoms with Gasteiger partial charge in [-0.2, -0.15) is 0 Å². The Morgan fingerprint density at radius 1 is 1.12 bits per heavy atom. The highest BCUT2D eigenvalue weighted by atomic mass is 79.9. The lowest BCUT2D eigenvalue weighted by Gasteiger charge is -2.38. The second-order valence-corrected chi connectivity index (χ2v) is 10.1. The number of likely N-dealkylation sites (tertiary alicyclic amines) is 1. The van der Waals surface area contributed by atoms with Crippen LogP contribution in [0.15, 0.2) is 65.8 Å². The summed E-state index contributed by atoms with van der Waals surface area (Å²) in [6.45, 7) is 8.06. The van der Waals surface area contributed by atoms with Gasteiger partial charge in [0.05, 0.1) is 6.54 Å². The molecular formula is C27H28BrN3O2. The van der Waals surface area contributed by atoms with E-state index in [-0.39, 0.29) is 17.6 Å². The second-order valence-electron chi connectivity index (χ2n) is 9.23. The molecule has 0 radical (unpaired) electrons. The van der Waals surface area contributed by atoms with Crippen LogP contribution >= 0.6 is 15.9 Å². The zero-order valence-electron chi connectivity index (χ0n) is 18.7. The molecule has 6 heteroatoms. The zero-order chi connectivity index (χ0) is 22.9. The molecule has 0 bridgehead atoms. The van der Waals surface area contributed by atoms with Crippen LogP contribution in [0.1, 0.15) is 23.1 Å². The maximum absolute atomic E-state index is 12.8. The molecule has 1 amide bonds. The number of carbonyl (C=O) groups excluding carboxylic acids is 2. The molecule has 0 aliphatic carbocycles. The van der Waals surface area contributed by atoms with E-state index in [0.717, 1.165) is 36.0 Å². The van der Waals surface area contributed by atoms with Crippen molar-refractivity contribution in [3.8, 4) is 0 Å². The maximum atomic E-state index is 12.8. The Morgan fingerprint density at radius 3 is 2.70 bits per heavy atom. The highest BCUT2D eigenvalue weighted by Gasteiger charge is 2.30. The predicted molar refractivity (Wildman–Crippen MR) is 134 cm³/mol. The lowest BCUT2D eigenvalue weighted by Crippen LogP contribution is -2.50. The molecule has 33 heavy (non-hydrogen) atoms. The van der Waals surface area contributed by atoms with Crippen molar-refractivity contribution in [3.05, 3.63) is 82.5 Å². The molecule has 5 rings (SSSR count). The predicted octanol–water partition coefficient (Wildman–Crippen LogP) is 4.57. The van der Waals surface area contributed by atoms with Crippen molar-refractivity contribution in [2.24, 2.45) is 5.92 Å². The summed E-state index contributed by atoms with van der Waals surface area (Å²) in [6.07, 6.45) is 5.08. The van der Waals surface area contributed by atoms with Gasteiger partial charge in [-0.3, -0.25) is 14.5 Å². The first-order chi connectivity index (χ1) is 16.0. The van der Waals surface area contributed by atoms with Gasteiger partial charge in [0.15, 0.2) is 5.78 Å². The first kappa shape index (κ1) is 22.1. The summed E-state index contributed by atoms with van der Waals surface area (Å²) in [7, 11) is 0. The summed E-state index contributed by atoms with van der Waals surface area (Å²) in [4.78, 5) is 28.7. The van der Waals surface area contributed by atoms with Crippen LogP contribution in [-0.2, 0) is 35.6 Å². The van der Waals surface area contributed by atoms with Crippen molar-refractivity contribution in [2.75, 3.05) is 19.6 Å². The number of aromatic nitrogens is 1. The van der Waals surface area contributed by atoms with Gasteiger partial charge < -0.3 is 9.47 Å². The van der Waals surface area contributed by atoms with Crippen LogP contribution in [0.25, 0.3) is 10.9 Å². The zero-order valence-corrected chi connectivity index (χ0v) is 20.3. The van der Waals surface area contributed by atoms with E-state index >= 15 is 0 Å². The van der Waals surface area contributed by atoms with Crippen LogP contribution in [0.2, 0.25) is 0 Å². The molecule has 2 aliphatic rings. The van der Waals surface area contributed by atoms with E-state index in [1.165, 1.54) is 28.2 Å². The SMILES string of the molecule is C=CC(=O)N1CC(CC(=O)Cn2cc(CN3CCc4ccccc4C3)c3cc(Br)ccc32)C1. The van der Waals surface area contributed by atoms with Gasteiger partial charge in [0.25, 0.3) is 0 Å². The van der Waals surface area contributed by atoms with Gasteiger partial charge in [-0.1, -0.05) is 46.8 Å². The normalized spacial score (nSPS) is 16.5. The summed E-state index contributed by atoms with van der Waals surface area (Å²) in [5.41, 5.74) is 5.21. The summed E-state index contributed by atoms with van der Waals surface area (Å²) in [5.74, 6) is 0.417. The Hall–Kier alpha value is -2.70. The van der Waals surface area contributed by atoms with Crippen molar-refractivity contribution in [1.29, 1.82) is 0 Å². The molecule has 0 unspecified atom stereocenters. The van der Waals surface area contributed by atoms with Crippen LogP contribution in [-0.4, -0.2) is 45.7 Å². The third-order valence-corrected chi connectivity index (χ3v) is 7.33. The molecule has 0 N–H and O–H groups in total. The molecule has 1 fully saturated rings. The average molecular weight is 506 g/mol. The first-order valence-electron chi connectivity index (χ1n) is 11.5. The number of fused-ring (bicyclic) bond motifs is 2. The average Bonchev–Trinajstić information content (AvgIpc) is 3.11. The molecule has 0 atom stereocenters. The fraction of sp³-hybridized carbons (Fsp3) is 0.333. The number of amides is 1. The van der Waals surface area contributed by atoms with Crippen LogP contribution in [0.5, 0.6) is 0 Å². The van der Waals surface area contributed by atoms with Gasteiger partial charge in [-0.25, -0.2) is 0 Å². The van der Waals surface area contributed by atoms with E-state index in [4.69, 9.17) is 0 Å². The smallest absolute Gasteiger partial charge is 0.245 e. The van der Waals surface area contributed by atoms with Gasteiger partial charge >= 0.3 is 0 Å². The Bertz CT molecular complexity index is 1230. The number of hydrogen-bond acceptors (Lipinski definition) is 3. The fourth-order valence-corrected chi connectivity index (χ4v) is 5.48. The Kier molecular flexibility index (Phi) is 6.21. The Balaban J connectivity index is 1.29. The van der Waals surface area contributed by atoms with E-state index in [2.05, 4.69) is 74.6 Å². The number of nitrogens with zero attached hydrogens (tertiary/aromatic N) is 3. The second kappa shape index (κ2) is 9.27. The van der Waals surface area contributed by atoms with E-state index < -0.39 is 0 Å². The number of benzene rings is 2. The summed E-state index contributed by atoms with van der Waals surface area (Å²) in [5, 5.41) is 1.20. The molecule has 3 heterocycles. The molecule has 3 aromatic rings. The minimum atomic E-state index is -0.0503. The molecule has 170 valence electrons. The summed E-state index contributed by atoms with van der Waals surface area (Å²) < 4.78 is 3.15. The van der Waals surface area contributed by atoms with Crippen molar-refractivity contribution in [1.82, 2.24) is 14.4 Å². The molecule has 5 nitrogen and oxygen atoms in total. The maximum Gasteiger partial charge on any atom is 0.245 e. The molecule has 2 aromatic carbocycles. The summed E-state index contributed by atoms with van der Waals surface area (Å²) in [6, 6.07) is 15.0. The quantitative estimate of drug-likeness (QED) is 0.442. The molecule has 0 saturated carbocycles. The first-order valence-corrected chi connectivity index (χ1v) is 12.3. The van der Waals surface area contributed by atoms with Crippen LogP contribution in [0.3, 0.4) is 0 Å². The minimum Gasteiger partial charge on any atom is -0.340 e. The van der Waals surface area contributed by atoms with Gasteiger partial charge in [0, 0.05) is 66.6 Å². The van der Waals surface area contributed by atoms with Crippen LogP contribution < -0.4 is 0 Å². The molecule has 2 aliphatic heterocycles. The van der Waals surface area contributed by atoms with Crippen molar-refractivity contribution >= 4 is 38.5 Å². The molecular weight excluding hydrogens is 478 g/mol. The monoisotopic (exact) mass is 505 g/mol. The number of rotatable bonds is 7. The van der Waals surface area contributed by atoms with Gasteiger partial charge in [-0.05, 0) is 47.4 Å². The van der Waals surface area contributed by atoms with Crippen LogP contribution in [0.4, 0.5) is 0 Å². The third kappa shape index (κ3) is 4.68. The fourth-order valence-electron chi connectivity index (χ4n) is 5.11. The third-order valence-electron chi connectivity index (χ3n) is 6.84. The highest BCUT2D eigenvalue weighted by Crippen LogP contribution is 2.29. The van der Waals surface area contributed by atoms with Crippen molar-refractivity contribution in [3.63, 3.8) is 0 Å². The van der Waals surface area contributed by atoms with Crippen LogP contribution in [0, 0.1) is 5.92 Å². The largest absolute Gasteiger partial charge is 0.340 e. The van der Waals surface area contributed by atoms with Gasteiger partial charge in [0.2, 0.25) is 5.91 Å². The minimum absolute atomic E-state index is 0.0503. The number of halogens is 1. The number of Topliss-reactive ketones (excluding diaryl/α,β-unsaturated/α-hetero) is 1. The number of hydrogen-bond donors (Lipinski definition) is 0. The van der Waals surface area contributed by atoms with E-state index in [9.17, 15) is 9.59 Å². The number of ketones is 1. The lowest BCUT2D eigenvalue weighted by atomic mass is 9.94. The van der Waals surface area contributed by atoms with Gasteiger partial charge in [0.1, 0.15) is 0 Å². The van der Waals surface area contributed by atoms with Crippen molar-refractivity contribution in [2.45, 2.75) is 32.5 Å².